The Balaban J connectivity index is 0.000000208. The van der Waals surface area contributed by atoms with Crippen molar-refractivity contribution in [2.24, 2.45) is 9.98 Å². The second kappa shape index (κ2) is 18.1. The summed E-state index contributed by atoms with van der Waals surface area (Å²) in [5.74, 6) is 2.49. The van der Waals surface area contributed by atoms with Gasteiger partial charge in [0.2, 0.25) is 0 Å². The van der Waals surface area contributed by atoms with Crippen LogP contribution in [0.4, 0.5) is 0 Å². The molecule has 0 bridgehead atoms. The van der Waals surface area contributed by atoms with Crippen LogP contribution in [0.15, 0.2) is 120 Å². The smallest absolute Gasteiger partial charge is 0.490 e. The minimum absolute atomic E-state index is 0. The molecule has 10 nitrogen and oxygen atoms in total. The molecule has 2 aromatic carbocycles. The van der Waals surface area contributed by atoms with Crippen LogP contribution in [0.25, 0.3) is 23.0 Å². The summed E-state index contributed by atoms with van der Waals surface area (Å²) in [6.45, 7) is 0. The normalized spacial score (nSPS) is 12.5. The molecule has 6 heterocycles. The second-order valence-corrected chi connectivity index (χ2v) is 10.4. The van der Waals surface area contributed by atoms with Gasteiger partial charge in [-0.15, -0.1) is 71.0 Å². The molecular weight excluding hydrogens is 797 g/mol. The zero-order valence-electron chi connectivity index (χ0n) is 25.3. The van der Waals surface area contributed by atoms with Gasteiger partial charge in [-0.1, -0.05) is 44.4 Å². The standard InChI is InChI=1S/2C18H13N5.CH4.2Pd/c1-3-13(11-14(4-1)17-21-9-10-22-17)12-15-6-8-20-18(23-15)16-5-2-7-19-16;1-3-13(11-14(4-1)16-5-2-7-19-16)12-15-6-8-20-18(23-15)17-21-9-10-22-17;;;/h2*1-4,6-10H,5,12H2;1H4;;/q2*-2;;2*+2. The average Bonchev–Trinajstić information content (AvgIpc) is 3.95. The molecule has 0 saturated heterocycles. The van der Waals surface area contributed by atoms with Crippen LogP contribution < -0.4 is 9.97 Å². The zero-order valence-corrected chi connectivity index (χ0v) is 28.4. The molecular formula is C37H30N10Pd2. The van der Waals surface area contributed by atoms with Gasteiger partial charge in [0.1, 0.15) is 0 Å². The second-order valence-electron chi connectivity index (χ2n) is 10.4. The molecule has 0 aliphatic carbocycles. The van der Waals surface area contributed by atoms with Crippen LogP contribution in [0.2, 0.25) is 0 Å². The van der Waals surface area contributed by atoms with Gasteiger partial charge in [0, 0.05) is 42.6 Å². The maximum Gasteiger partial charge on any atom is 2.00 e. The molecule has 0 radical (unpaired) electrons. The van der Waals surface area contributed by atoms with E-state index in [0.717, 1.165) is 57.9 Å². The van der Waals surface area contributed by atoms with Gasteiger partial charge in [-0.25, -0.2) is 19.9 Å². The summed E-state index contributed by atoms with van der Waals surface area (Å²) in [5, 5.41) is 0. The largest absolute Gasteiger partial charge is 2.00 e. The number of nitrogens with zero attached hydrogens (tertiary/aromatic N) is 10. The number of aliphatic imine (C=N–C) groups is 2. The van der Waals surface area contributed by atoms with Gasteiger partial charge in [-0.2, -0.15) is 5.56 Å². The summed E-state index contributed by atoms with van der Waals surface area (Å²) < 4.78 is 0. The Bertz CT molecular complexity index is 1920. The summed E-state index contributed by atoms with van der Waals surface area (Å²) in [5.41, 5.74) is 7.89. The monoisotopic (exact) mass is 826 g/mol. The quantitative estimate of drug-likeness (QED) is 0.139. The number of hydrogen-bond donors (Lipinski definition) is 0. The third kappa shape index (κ3) is 9.63. The van der Waals surface area contributed by atoms with Crippen molar-refractivity contribution in [3.63, 3.8) is 0 Å². The van der Waals surface area contributed by atoms with Gasteiger partial charge in [0.15, 0.2) is 11.6 Å². The summed E-state index contributed by atoms with van der Waals surface area (Å²) in [6.07, 6.45) is 20.9. The van der Waals surface area contributed by atoms with Gasteiger partial charge >= 0.3 is 40.8 Å². The first kappa shape index (κ1) is 37.0. The molecule has 6 aromatic rings. The number of allylic oxidation sites excluding steroid dienone is 2. The Morgan fingerprint density at radius 1 is 0.571 bits per heavy atom. The van der Waals surface area contributed by atoms with Crippen LogP contribution in [0.1, 0.15) is 54.2 Å². The Morgan fingerprint density at radius 2 is 1.12 bits per heavy atom. The van der Waals surface area contributed by atoms with Gasteiger partial charge in [-0.3, -0.25) is 4.99 Å². The maximum atomic E-state index is 4.61. The topological polar surface area (TPSA) is 130 Å². The van der Waals surface area contributed by atoms with Gasteiger partial charge in [0.05, 0.1) is 5.71 Å². The predicted octanol–water partition coefficient (Wildman–Crippen LogP) is 5.82. The van der Waals surface area contributed by atoms with E-state index < -0.39 is 0 Å². The summed E-state index contributed by atoms with van der Waals surface area (Å²) in [7, 11) is 0. The Hall–Kier alpha value is -4.84. The number of hydrogen-bond acceptors (Lipinski definition) is 8. The number of imidazole rings is 2. The number of benzene rings is 2. The molecule has 0 fully saturated rings. The molecule has 248 valence electrons. The van der Waals surface area contributed by atoms with Gasteiger partial charge in [0.25, 0.3) is 0 Å². The number of rotatable bonds is 8. The van der Waals surface area contributed by atoms with Crippen LogP contribution in [0.5, 0.6) is 0 Å². The molecule has 2 aliphatic rings. The summed E-state index contributed by atoms with van der Waals surface area (Å²) in [4.78, 5) is 43.0. The molecule has 49 heavy (non-hydrogen) atoms. The van der Waals surface area contributed by atoms with Crippen molar-refractivity contribution < 1.29 is 40.8 Å². The fourth-order valence-electron chi connectivity index (χ4n) is 4.95. The third-order valence-electron chi connectivity index (χ3n) is 7.11. The van der Waals surface area contributed by atoms with Crippen LogP contribution in [0, 0.1) is 12.1 Å². The average molecular weight is 828 g/mol. The van der Waals surface area contributed by atoms with E-state index in [1.165, 1.54) is 0 Å². The first-order chi connectivity index (χ1) is 22.8. The Kier molecular flexibility index (Phi) is 13.6. The molecule has 0 atom stereocenters. The van der Waals surface area contributed by atoms with Crippen LogP contribution in [-0.2, 0) is 53.7 Å². The van der Waals surface area contributed by atoms with Crippen molar-refractivity contribution >= 4 is 11.4 Å². The van der Waals surface area contributed by atoms with Crippen molar-refractivity contribution in [3.05, 3.63) is 156 Å². The van der Waals surface area contributed by atoms with Crippen molar-refractivity contribution in [2.75, 3.05) is 0 Å². The first-order valence-electron chi connectivity index (χ1n) is 14.8. The van der Waals surface area contributed by atoms with Crippen LogP contribution >= 0.6 is 0 Å². The summed E-state index contributed by atoms with van der Waals surface area (Å²) in [6, 6.07) is 22.7. The SMILES string of the molecule is C.[Pd+2].[Pd+2].[c-]1c(Cc2ccnc(-c3ncc[n-]3)n2)cccc1C1=NC=CC1.[c-]1c(Cc2ccnc(C3=NC=CC3)n2)cccc1-c1ncc[n-]1. The summed E-state index contributed by atoms with van der Waals surface area (Å²) >= 11 is 0. The molecule has 4 aromatic heterocycles. The van der Waals surface area contributed by atoms with Gasteiger partial charge in [-0.05, 0) is 42.9 Å². The minimum Gasteiger partial charge on any atom is -0.490 e. The Labute approximate surface area is 312 Å². The molecule has 8 rings (SSSR count). The third-order valence-corrected chi connectivity index (χ3v) is 7.11. The molecule has 0 saturated carbocycles. The van der Waals surface area contributed by atoms with Crippen molar-refractivity contribution in [3.8, 4) is 23.0 Å². The molecule has 0 N–H and O–H groups in total. The van der Waals surface area contributed by atoms with Crippen molar-refractivity contribution in [1.82, 2.24) is 39.9 Å². The molecule has 0 unspecified atom stereocenters. The number of aromatic nitrogens is 8. The van der Waals surface area contributed by atoms with E-state index in [0.29, 0.717) is 36.1 Å². The fourth-order valence-corrected chi connectivity index (χ4v) is 4.95. The zero-order chi connectivity index (χ0) is 31.0. The molecule has 12 heteroatoms. The van der Waals surface area contributed by atoms with E-state index in [4.69, 9.17) is 0 Å². The predicted molar refractivity (Wildman–Crippen MR) is 181 cm³/mol. The molecule has 0 spiro atoms. The van der Waals surface area contributed by atoms with E-state index in [1.54, 1.807) is 43.4 Å². The Morgan fingerprint density at radius 3 is 1.71 bits per heavy atom. The minimum atomic E-state index is 0. The fraction of sp³-hybridized carbons (Fsp3) is 0.135. The van der Waals surface area contributed by atoms with Crippen molar-refractivity contribution in [2.45, 2.75) is 33.1 Å². The first-order valence-corrected chi connectivity index (χ1v) is 14.8. The van der Waals surface area contributed by atoms with E-state index >= 15 is 0 Å². The van der Waals surface area contributed by atoms with Gasteiger partial charge < -0.3 is 24.9 Å². The van der Waals surface area contributed by atoms with E-state index in [1.807, 2.05) is 66.9 Å². The molecule has 0 amide bonds. The van der Waals surface area contributed by atoms with Crippen LogP contribution in [-0.4, -0.2) is 41.3 Å². The van der Waals surface area contributed by atoms with Crippen molar-refractivity contribution in [1.29, 1.82) is 0 Å². The van der Waals surface area contributed by atoms with Crippen LogP contribution in [0.3, 0.4) is 0 Å². The van der Waals surface area contributed by atoms with E-state index in [2.05, 4.69) is 62.0 Å². The van der Waals surface area contributed by atoms with E-state index in [-0.39, 0.29) is 48.3 Å². The van der Waals surface area contributed by atoms with E-state index in [9.17, 15) is 0 Å². The maximum absolute atomic E-state index is 4.61. The molecule has 2 aliphatic heterocycles.